The van der Waals surface area contributed by atoms with E-state index in [4.69, 9.17) is 0 Å². The first-order valence-electron chi connectivity index (χ1n) is 5.46. The van der Waals surface area contributed by atoms with Crippen LogP contribution in [-0.2, 0) is 6.42 Å². The van der Waals surface area contributed by atoms with Crippen molar-refractivity contribution in [3.8, 4) is 0 Å². The number of aromatic nitrogens is 1. The molecule has 0 amide bonds. The van der Waals surface area contributed by atoms with E-state index in [2.05, 4.69) is 39.7 Å². The molecule has 1 aliphatic heterocycles. The highest BCUT2D eigenvalue weighted by Crippen LogP contribution is 2.27. The van der Waals surface area contributed by atoms with E-state index in [0.717, 1.165) is 18.8 Å². The van der Waals surface area contributed by atoms with Gasteiger partial charge in [0.25, 0.3) is 0 Å². The van der Waals surface area contributed by atoms with E-state index in [-0.39, 0.29) is 0 Å². The fourth-order valence-corrected chi connectivity index (χ4v) is 2.02. The van der Waals surface area contributed by atoms with Gasteiger partial charge in [0.1, 0.15) is 5.82 Å². The largest absolute Gasteiger partial charge is 0.286 e. The summed E-state index contributed by atoms with van der Waals surface area (Å²) in [6.45, 7) is 0.996. The molecule has 0 fully saturated rings. The van der Waals surface area contributed by atoms with E-state index in [1.807, 2.05) is 18.2 Å². The molecular formula is C13H13N3. The van der Waals surface area contributed by atoms with Crippen molar-refractivity contribution in [2.45, 2.75) is 6.42 Å². The molecule has 0 spiro atoms. The van der Waals surface area contributed by atoms with E-state index in [0.29, 0.717) is 0 Å². The minimum absolute atomic E-state index is 0.888. The Bertz CT molecular complexity index is 482. The molecule has 0 saturated heterocycles. The summed E-state index contributed by atoms with van der Waals surface area (Å²) in [4.78, 5) is 4.26. The Labute approximate surface area is 94.7 Å². The lowest BCUT2D eigenvalue weighted by Crippen LogP contribution is -2.27. The van der Waals surface area contributed by atoms with Crippen LogP contribution in [-0.4, -0.2) is 11.5 Å². The quantitative estimate of drug-likeness (QED) is 0.827. The average Bonchev–Trinajstić information content (AvgIpc) is 2.74. The Morgan fingerprint density at radius 3 is 2.81 bits per heavy atom. The topological polar surface area (TPSA) is 28.2 Å². The third kappa shape index (κ3) is 1.60. The number of hydrazine groups is 1. The highest BCUT2D eigenvalue weighted by Gasteiger charge is 2.17. The van der Waals surface area contributed by atoms with Gasteiger partial charge in [0.2, 0.25) is 0 Å². The molecule has 0 bridgehead atoms. The van der Waals surface area contributed by atoms with E-state index in [1.54, 1.807) is 6.20 Å². The molecule has 0 radical (unpaired) electrons. The van der Waals surface area contributed by atoms with Crippen molar-refractivity contribution in [1.82, 2.24) is 4.98 Å². The van der Waals surface area contributed by atoms with E-state index >= 15 is 0 Å². The standard InChI is InChI=1S/C13H13N3/c1-2-6-12-11(5-1)8-10-16(12)15-13-7-3-4-9-14-13/h1-7,9H,8,10H2,(H,14,15). The number of benzene rings is 1. The Balaban J connectivity index is 1.84. The first kappa shape index (κ1) is 9.21. The lowest BCUT2D eigenvalue weighted by Gasteiger charge is -2.20. The zero-order valence-corrected chi connectivity index (χ0v) is 8.93. The van der Waals surface area contributed by atoms with Crippen LogP contribution in [0.25, 0.3) is 0 Å². The molecule has 3 rings (SSSR count). The maximum Gasteiger partial charge on any atom is 0.144 e. The van der Waals surface area contributed by atoms with Gasteiger partial charge in [-0.05, 0) is 30.2 Å². The van der Waals surface area contributed by atoms with Crippen LogP contribution in [0.2, 0.25) is 0 Å². The minimum atomic E-state index is 0.888. The highest BCUT2D eigenvalue weighted by atomic mass is 15.5. The molecule has 1 N–H and O–H groups in total. The number of pyridine rings is 1. The Hall–Kier alpha value is -2.03. The van der Waals surface area contributed by atoms with Gasteiger partial charge in [-0.3, -0.25) is 10.4 Å². The number of nitrogens with zero attached hydrogens (tertiary/aromatic N) is 2. The summed E-state index contributed by atoms with van der Waals surface area (Å²) in [5.41, 5.74) is 5.97. The van der Waals surface area contributed by atoms with Crippen LogP contribution in [0.15, 0.2) is 48.7 Å². The van der Waals surface area contributed by atoms with E-state index < -0.39 is 0 Å². The van der Waals surface area contributed by atoms with Crippen molar-refractivity contribution in [2.75, 3.05) is 17.0 Å². The fourth-order valence-electron chi connectivity index (χ4n) is 2.02. The zero-order valence-electron chi connectivity index (χ0n) is 8.93. The van der Waals surface area contributed by atoms with Crippen LogP contribution in [0.3, 0.4) is 0 Å². The summed E-state index contributed by atoms with van der Waals surface area (Å²) in [5, 5.41) is 2.15. The van der Waals surface area contributed by atoms with Gasteiger partial charge in [0.05, 0.1) is 5.69 Å². The number of para-hydroxylation sites is 1. The van der Waals surface area contributed by atoms with Gasteiger partial charge in [0.15, 0.2) is 0 Å². The molecule has 3 nitrogen and oxygen atoms in total. The fraction of sp³-hybridized carbons (Fsp3) is 0.154. The van der Waals surface area contributed by atoms with Crippen LogP contribution in [0.4, 0.5) is 11.5 Å². The monoisotopic (exact) mass is 211 g/mol. The number of fused-ring (bicyclic) bond motifs is 1. The number of hydrogen-bond donors (Lipinski definition) is 1. The van der Waals surface area contributed by atoms with Gasteiger partial charge in [-0.15, -0.1) is 0 Å². The maximum atomic E-state index is 4.26. The molecule has 16 heavy (non-hydrogen) atoms. The van der Waals surface area contributed by atoms with Gasteiger partial charge in [-0.25, -0.2) is 4.98 Å². The van der Waals surface area contributed by atoms with Crippen molar-refractivity contribution in [2.24, 2.45) is 0 Å². The molecular weight excluding hydrogens is 198 g/mol. The van der Waals surface area contributed by atoms with Crippen LogP contribution in [0.1, 0.15) is 5.56 Å². The first-order chi connectivity index (χ1) is 7.93. The summed E-state index contributed by atoms with van der Waals surface area (Å²) in [7, 11) is 0. The van der Waals surface area contributed by atoms with Crippen molar-refractivity contribution < 1.29 is 0 Å². The molecule has 80 valence electrons. The smallest absolute Gasteiger partial charge is 0.144 e. The van der Waals surface area contributed by atoms with Gasteiger partial charge < -0.3 is 0 Å². The van der Waals surface area contributed by atoms with Gasteiger partial charge in [0, 0.05) is 12.7 Å². The normalized spacial score (nSPS) is 13.6. The Morgan fingerprint density at radius 1 is 1.06 bits per heavy atom. The summed E-state index contributed by atoms with van der Waals surface area (Å²) in [6, 6.07) is 14.3. The predicted molar refractivity (Wildman–Crippen MR) is 65.4 cm³/mol. The van der Waals surface area contributed by atoms with E-state index in [9.17, 15) is 0 Å². The molecule has 1 aromatic heterocycles. The lowest BCUT2D eigenvalue weighted by molar-refractivity contribution is 0.931. The lowest BCUT2D eigenvalue weighted by atomic mass is 10.2. The van der Waals surface area contributed by atoms with Crippen LogP contribution in [0, 0.1) is 0 Å². The number of anilines is 2. The second-order valence-electron chi connectivity index (χ2n) is 3.86. The summed E-state index contributed by atoms with van der Waals surface area (Å²) < 4.78 is 0. The van der Waals surface area contributed by atoms with Crippen LogP contribution in [0.5, 0.6) is 0 Å². The molecule has 0 atom stereocenters. The zero-order chi connectivity index (χ0) is 10.8. The SMILES string of the molecule is c1ccc(NN2CCc3ccccc32)nc1. The van der Waals surface area contributed by atoms with Gasteiger partial charge in [-0.1, -0.05) is 24.3 Å². The summed E-state index contributed by atoms with van der Waals surface area (Å²) in [5.74, 6) is 0.888. The van der Waals surface area contributed by atoms with Crippen LogP contribution >= 0.6 is 0 Å². The second-order valence-corrected chi connectivity index (χ2v) is 3.86. The molecule has 0 unspecified atom stereocenters. The molecule has 3 heteroatoms. The summed E-state index contributed by atoms with van der Waals surface area (Å²) >= 11 is 0. The van der Waals surface area contributed by atoms with Crippen LogP contribution < -0.4 is 10.4 Å². The molecule has 0 saturated carbocycles. The van der Waals surface area contributed by atoms with Crippen molar-refractivity contribution in [1.29, 1.82) is 0 Å². The molecule has 1 aromatic carbocycles. The van der Waals surface area contributed by atoms with E-state index in [1.165, 1.54) is 11.3 Å². The van der Waals surface area contributed by atoms with Gasteiger partial charge >= 0.3 is 0 Å². The predicted octanol–water partition coefficient (Wildman–Crippen LogP) is 2.47. The average molecular weight is 211 g/mol. The third-order valence-electron chi connectivity index (χ3n) is 2.80. The maximum absolute atomic E-state index is 4.26. The third-order valence-corrected chi connectivity index (χ3v) is 2.80. The Morgan fingerprint density at radius 2 is 1.94 bits per heavy atom. The molecule has 0 aliphatic carbocycles. The van der Waals surface area contributed by atoms with Gasteiger partial charge in [-0.2, -0.15) is 0 Å². The van der Waals surface area contributed by atoms with Crippen molar-refractivity contribution in [3.05, 3.63) is 54.2 Å². The second kappa shape index (κ2) is 3.85. The molecule has 2 heterocycles. The first-order valence-corrected chi connectivity index (χ1v) is 5.46. The number of hydrogen-bond acceptors (Lipinski definition) is 3. The summed E-state index contributed by atoms with van der Waals surface area (Å²) in [6.07, 6.45) is 2.89. The minimum Gasteiger partial charge on any atom is -0.286 e. The Kier molecular flexibility index (Phi) is 2.22. The van der Waals surface area contributed by atoms with Crippen molar-refractivity contribution in [3.63, 3.8) is 0 Å². The van der Waals surface area contributed by atoms with Crippen molar-refractivity contribution >= 4 is 11.5 Å². The highest BCUT2D eigenvalue weighted by molar-refractivity contribution is 5.61. The number of nitrogens with one attached hydrogen (secondary N) is 1. The number of rotatable bonds is 2. The molecule has 2 aromatic rings. The molecule has 1 aliphatic rings.